The van der Waals surface area contributed by atoms with Gasteiger partial charge in [-0.05, 0) is 24.1 Å². The van der Waals surface area contributed by atoms with Gasteiger partial charge in [-0.1, -0.05) is 103 Å². The zero-order valence-electron chi connectivity index (χ0n) is 20.6. The van der Waals surface area contributed by atoms with E-state index < -0.39 is 11.7 Å². The summed E-state index contributed by atoms with van der Waals surface area (Å²) < 4.78 is 48.7. The summed E-state index contributed by atoms with van der Waals surface area (Å²) in [5.41, 5.74) is -0.0208. The molecule has 6 heteroatoms. The topological polar surface area (TPSA) is 35.5 Å². The van der Waals surface area contributed by atoms with E-state index in [4.69, 9.17) is 9.47 Å². The Morgan fingerprint density at radius 1 is 0.818 bits per heavy atom. The fraction of sp³-hybridized carbons (Fsp3) is 0.741. The Morgan fingerprint density at radius 3 is 1.76 bits per heavy atom. The molecule has 0 fully saturated rings. The lowest BCUT2D eigenvalue weighted by Gasteiger charge is -2.17. The van der Waals surface area contributed by atoms with E-state index in [-0.39, 0.29) is 25.1 Å². The van der Waals surface area contributed by atoms with E-state index in [2.05, 4.69) is 6.92 Å². The molecule has 0 aromatic heterocycles. The number of unbranched alkanes of at least 4 members (excludes halogenated alkanes) is 12. The highest BCUT2D eigenvalue weighted by molar-refractivity contribution is 5.69. The molecular formula is C27H43F3O3. The van der Waals surface area contributed by atoms with Gasteiger partial charge < -0.3 is 9.47 Å². The second kappa shape index (κ2) is 17.9. The normalized spacial score (nSPS) is 12.6. The largest absolute Gasteiger partial charge is 0.469 e. The lowest BCUT2D eigenvalue weighted by Crippen LogP contribution is -2.19. The Bertz CT molecular complexity index is 614. The van der Waals surface area contributed by atoms with Gasteiger partial charge >= 0.3 is 12.1 Å². The van der Waals surface area contributed by atoms with Crippen molar-refractivity contribution < 1.29 is 27.4 Å². The molecule has 33 heavy (non-hydrogen) atoms. The van der Waals surface area contributed by atoms with Crippen LogP contribution in [0.1, 0.15) is 114 Å². The fourth-order valence-electron chi connectivity index (χ4n) is 3.91. The second-order valence-electron chi connectivity index (χ2n) is 8.94. The summed E-state index contributed by atoms with van der Waals surface area (Å²) in [7, 11) is 1.35. The smallest absolute Gasteiger partial charge is 0.416 e. The Kier molecular flexibility index (Phi) is 15.9. The number of esters is 1. The van der Waals surface area contributed by atoms with Gasteiger partial charge in [-0.25, -0.2) is 0 Å². The number of rotatable bonds is 19. The SMILES string of the molecule is CCCCCCCCCCCCCCC[C@H](CC(=O)OC)OCc1ccc(C(F)(F)F)cc1. The molecule has 1 aromatic rings. The van der Waals surface area contributed by atoms with Gasteiger partial charge in [0.1, 0.15) is 0 Å². The molecule has 0 radical (unpaired) electrons. The summed E-state index contributed by atoms with van der Waals surface area (Å²) in [6, 6.07) is 4.95. The number of hydrogen-bond donors (Lipinski definition) is 0. The van der Waals surface area contributed by atoms with Gasteiger partial charge in [0, 0.05) is 0 Å². The first-order chi connectivity index (χ1) is 15.9. The maximum Gasteiger partial charge on any atom is 0.416 e. The highest BCUT2D eigenvalue weighted by Gasteiger charge is 2.29. The maximum atomic E-state index is 12.7. The number of halogens is 3. The van der Waals surface area contributed by atoms with Crippen LogP contribution in [0.25, 0.3) is 0 Å². The minimum atomic E-state index is -4.35. The first kappa shape index (κ1) is 29.5. The van der Waals surface area contributed by atoms with Crippen molar-refractivity contribution in [3.63, 3.8) is 0 Å². The number of carbonyl (C=O) groups excluding carboxylic acids is 1. The summed E-state index contributed by atoms with van der Waals surface area (Å²) in [5, 5.41) is 0. The van der Waals surface area contributed by atoms with Crippen molar-refractivity contribution in [3.8, 4) is 0 Å². The Hall–Kier alpha value is -1.56. The molecule has 0 N–H and O–H groups in total. The molecule has 0 spiro atoms. The van der Waals surface area contributed by atoms with E-state index in [1.54, 1.807) is 0 Å². The van der Waals surface area contributed by atoms with Crippen molar-refractivity contribution in [2.45, 2.75) is 122 Å². The zero-order valence-corrected chi connectivity index (χ0v) is 20.6. The zero-order chi connectivity index (χ0) is 24.4. The van der Waals surface area contributed by atoms with E-state index in [0.29, 0.717) is 5.56 Å². The maximum absolute atomic E-state index is 12.7. The second-order valence-corrected chi connectivity index (χ2v) is 8.94. The first-order valence-electron chi connectivity index (χ1n) is 12.7. The average Bonchev–Trinajstić information content (AvgIpc) is 2.79. The predicted octanol–water partition coefficient (Wildman–Crippen LogP) is 8.64. The number of methoxy groups -OCH3 is 1. The molecule has 0 bridgehead atoms. The lowest BCUT2D eigenvalue weighted by molar-refractivity contribution is -0.144. The number of hydrogen-bond acceptors (Lipinski definition) is 3. The third-order valence-electron chi connectivity index (χ3n) is 6.02. The highest BCUT2D eigenvalue weighted by atomic mass is 19.4. The van der Waals surface area contributed by atoms with E-state index in [1.165, 1.54) is 89.9 Å². The van der Waals surface area contributed by atoms with Crippen molar-refractivity contribution in [1.29, 1.82) is 0 Å². The number of benzene rings is 1. The Balaban J connectivity index is 2.20. The Labute approximate surface area is 198 Å². The van der Waals surface area contributed by atoms with Gasteiger partial charge in [0.2, 0.25) is 0 Å². The van der Waals surface area contributed by atoms with Crippen LogP contribution in [0.5, 0.6) is 0 Å². The van der Waals surface area contributed by atoms with Crippen LogP contribution in [0, 0.1) is 0 Å². The van der Waals surface area contributed by atoms with E-state index >= 15 is 0 Å². The van der Waals surface area contributed by atoms with Crippen molar-refractivity contribution in [2.24, 2.45) is 0 Å². The van der Waals surface area contributed by atoms with Crippen LogP contribution in [0.15, 0.2) is 24.3 Å². The third kappa shape index (κ3) is 15.1. The average molecular weight is 473 g/mol. The highest BCUT2D eigenvalue weighted by Crippen LogP contribution is 2.29. The molecule has 1 atom stereocenters. The summed E-state index contributed by atoms with van der Waals surface area (Å²) in [5.74, 6) is -0.331. The van der Waals surface area contributed by atoms with Crippen molar-refractivity contribution in [1.82, 2.24) is 0 Å². The molecule has 190 valence electrons. The quantitative estimate of drug-likeness (QED) is 0.149. The van der Waals surface area contributed by atoms with Crippen LogP contribution >= 0.6 is 0 Å². The number of carbonyl (C=O) groups is 1. The van der Waals surface area contributed by atoms with Crippen molar-refractivity contribution >= 4 is 5.97 Å². The van der Waals surface area contributed by atoms with Gasteiger partial charge in [-0.2, -0.15) is 13.2 Å². The predicted molar refractivity (Wildman–Crippen MR) is 127 cm³/mol. The van der Waals surface area contributed by atoms with Crippen LogP contribution in [0.4, 0.5) is 13.2 Å². The third-order valence-corrected chi connectivity index (χ3v) is 6.02. The summed E-state index contributed by atoms with van der Waals surface area (Å²) in [6.07, 6.45) is 12.8. The minimum Gasteiger partial charge on any atom is -0.469 e. The van der Waals surface area contributed by atoms with Crippen LogP contribution in [0.2, 0.25) is 0 Å². The molecular weight excluding hydrogens is 429 g/mol. The Morgan fingerprint density at radius 2 is 1.30 bits per heavy atom. The van der Waals surface area contributed by atoms with Gasteiger partial charge in [-0.15, -0.1) is 0 Å². The fourth-order valence-corrected chi connectivity index (χ4v) is 3.91. The van der Waals surface area contributed by atoms with Crippen LogP contribution < -0.4 is 0 Å². The molecule has 0 aliphatic heterocycles. The molecule has 0 aliphatic carbocycles. The van der Waals surface area contributed by atoms with Crippen LogP contribution in [-0.4, -0.2) is 19.2 Å². The molecule has 0 saturated carbocycles. The number of ether oxygens (including phenoxy) is 2. The van der Waals surface area contributed by atoms with Crippen LogP contribution in [0.3, 0.4) is 0 Å². The molecule has 0 unspecified atom stereocenters. The standard InChI is InChI=1S/C27H43F3O3/c1-3-4-5-6-7-8-9-10-11-12-13-14-15-16-25(21-26(31)32-2)33-22-23-17-19-24(20-18-23)27(28,29)30/h17-20,25H,3-16,21-22H2,1-2H3/t25-/m1/s1. The van der Waals surface area contributed by atoms with E-state index in [9.17, 15) is 18.0 Å². The molecule has 1 aromatic carbocycles. The van der Waals surface area contributed by atoms with Gasteiger partial charge in [0.05, 0.1) is 31.8 Å². The monoisotopic (exact) mass is 472 g/mol. The summed E-state index contributed by atoms with van der Waals surface area (Å²) in [6.45, 7) is 2.42. The molecule has 0 heterocycles. The van der Waals surface area contributed by atoms with Gasteiger partial charge in [-0.3, -0.25) is 4.79 Å². The minimum absolute atomic E-state index is 0.162. The molecule has 0 amide bonds. The number of alkyl halides is 3. The molecule has 0 aliphatic rings. The van der Waals surface area contributed by atoms with E-state index in [1.807, 2.05) is 0 Å². The lowest BCUT2D eigenvalue weighted by atomic mass is 10.0. The molecule has 1 rings (SSSR count). The van der Waals surface area contributed by atoms with Crippen LogP contribution in [-0.2, 0) is 27.1 Å². The first-order valence-corrected chi connectivity index (χ1v) is 12.7. The molecule has 3 nitrogen and oxygen atoms in total. The molecule has 0 saturated heterocycles. The van der Waals surface area contributed by atoms with Crippen molar-refractivity contribution in [3.05, 3.63) is 35.4 Å². The van der Waals surface area contributed by atoms with E-state index in [0.717, 1.165) is 31.4 Å². The van der Waals surface area contributed by atoms with Crippen molar-refractivity contribution in [2.75, 3.05) is 7.11 Å². The summed E-state index contributed by atoms with van der Waals surface area (Å²) >= 11 is 0. The van der Waals surface area contributed by atoms with Gasteiger partial charge in [0.15, 0.2) is 0 Å². The van der Waals surface area contributed by atoms with Gasteiger partial charge in [0.25, 0.3) is 0 Å². The summed E-state index contributed by atoms with van der Waals surface area (Å²) in [4.78, 5) is 11.7.